The second-order valence-electron chi connectivity index (χ2n) is 6.30. The molecule has 0 amide bonds. The Balaban J connectivity index is 1.59. The van der Waals surface area contributed by atoms with Crippen molar-refractivity contribution in [3.8, 4) is 0 Å². The van der Waals surface area contributed by atoms with Gasteiger partial charge in [0, 0.05) is 32.4 Å². The van der Waals surface area contributed by atoms with Gasteiger partial charge in [-0.05, 0) is 24.3 Å². The van der Waals surface area contributed by atoms with Crippen LogP contribution in [0.1, 0.15) is 5.69 Å². The number of hydrogen-bond donors (Lipinski definition) is 0. The van der Waals surface area contributed by atoms with Crippen molar-refractivity contribution in [2.24, 2.45) is 0 Å². The number of benzene rings is 1. The minimum atomic E-state index is -1.24. The average Bonchev–Trinajstić information content (AvgIpc) is 3.07. The van der Waals surface area contributed by atoms with E-state index in [0.717, 1.165) is 56.1 Å². The van der Waals surface area contributed by atoms with E-state index < -0.39 is 10.8 Å². The Kier molecular flexibility index (Phi) is 5.38. The Morgan fingerprint density at radius 2 is 1.85 bits per heavy atom. The molecule has 2 aromatic heterocycles. The van der Waals surface area contributed by atoms with Gasteiger partial charge in [0.2, 0.25) is 5.16 Å². The molecule has 1 atom stereocenters. The number of ether oxygens (including phenoxy) is 1. The Bertz CT molecular complexity index is 891. The number of pyridine rings is 1. The molecule has 7 heteroatoms. The summed E-state index contributed by atoms with van der Waals surface area (Å²) in [7, 11) is -1.24. The summed E-state index contributed by atoms with van der Waals surface area (Å²) in [6, 6.07) is 13.7. The number of fused-ring (bicyclic) bond motifs is 1. The van der Waals surface area contributed by atoms with Crippen molar-refractivity contribution in [3.63, 3.8) is 0 Å². The van der Waals surface area contributed by atoms with E-state index >= 15 is 0 Å². The van der Waals surface area contributed by atoms with Crippen LogP contribution in [0.15, 0.2) is 53.8 Å². The van der Waals surface area contributed by atoms with Gasteiger partial charge in [0.1, 0.15) is 0 Å². The van der Waals surface area contributed by atoms with Crippen LogP contribution in [0.3, 0.4) is 0 Å². The fourth-order valence-electron chi connectivity index (χ4n) is 3.19. The number of morpholine rings is 1. The molecule has 1 aliphatic rings. The largest absolute Gasteiger partial charge is 0.379 e. The molecule has 0 spiro atoms. The van der Waals surface area contributed by atoms with Crippen LogP contribution >= 0.6 is 0 Å². The summed E-state index contributed by atoms with van der Waals surface area (Å²) in [6.45, 7) is 5.12. The van der Waals surface area contributed by atoms with Crippen LogP contribution in [-0.2, 0) is 27.8 Å². The predicted octanol–water partition coefficient (Wildman–Crippen LogP) is 2.07. The van der Waals surface area contributed by atoms with Gasteiger partial charge in [-0.15, -0.1) is 0 Å². The van der Waals surface area contributed by atoms with Gasteiger partial charge in [0.05, 0.1) is 46.5 Å². The van der Waals surface area contributed by atoms with Crippen LogP contribution in [-0.4, -0.2) is 56.5 Å². The highest BCUT2D eigenvalue weighted by atomic mass is 32.2. The molecule has 0 N–H and O–H groups in total. The van der Waals surface area contributed by atoms with Crippen LogP contribution in [0.5, 0.6) is 0 Å². The smallest absolute Gasteiger partial charge is 0.200 e. The van der Waals surface area contributed by atoms with E-state index in [1.54, 1.807) is 6.20 Å². The maximum Gasteiger partial charge on any atom is 0.200 e. The van der Waals surface area contributed by atoms with Gasteiger partial charge < -0.3 is 9.30 Å². The first-order valence-corrected chi connectivity index (χ1v) is 10.2. The minimum Gasteiger partial charge on any atom is -0.379 e. The fraction of sp³-hybridized carbons (Fsp3) is 0.368. The normalized spacial score (nSPS) is 16.8. The zero-order valence-electron chi connectivity index (χ0n) is 14.6. The summed E-state index contributed by atoms with van der Waals surface area (Å²) in [4.78, 5) is 11.3. The van der Waals surface area contributed by atoms with E-state index in [4.69, 9.17) is 4.74 Å². The lowest BCUT2D eigenvalue weighted by atomic mass is 10.3. The third-order valence-electron chi connectivity index (χ3n) is 4.57. The van der Waals surface area contributed by atoms with E-state index in [1.807, 2.05) is 42.5 Å². The van der Waals surface area contributed by atoms with Crippen molar-refractivity contribution in [3.05, 3.63) is 54.4 Å². The molecule has 0 aliphatic carbocycles. The molecule has 136 valence electrons. The topological polar surface area (TPSA) is 60.2 Å². The maximum atomic E-state index is 13.0. The molecule has 0 saturated carbocycles. The van der Waals surface area contributed by atoms with Gasteiger partial charge in [-0.3, -0.25) is 14.1 Å². The van der Waals surface area contributed by atoms with Gasteiger partial charge in [0.25, 0.3) is 0 Å². The van der Waals surface area contributed by atoms with Gasteiger partial charge in [-0.2, -0.15) is 0 Å². The van der Waals surface area contributed by atoms with E-state index in [9.17, 15) is 4.21 Å². The summed E-state index contributed by atoms with van der Waals surface area (Å²) in [5.74, 6) is 0.377. The number of nitrogens with zero attached hydrogens (tertiary/aromatic N) is 4. The molecule has 0 bridgehead atoms. The molecule has 0 radical (unpaired) electrons. The van der Waals surface area contributed by atoms with Crippen LogP contribution in [0.4, 0.5) is 0 Å². The highest BCUT2D eigenvalue weighted by molar-refractivity contribution is 7.84. The van der Waals surface area contributed by atoms with Crippen LogP contribution in [0.2, 0.25) is 0 Å². The second kappa shape index (κ2) is 8.07. The summed E-state index contributed by atoms with van der Waals surface area (Å²) in [5.41, 5.74) is 2.74. The third-order valence-corrected chi connectivity index (χ3v) is 5.85. The first kappa shape index (κ1) is 17.3. The molecule has 1 unspecified atom stereocenters. The van der Waals surface area contributed by atoms with Crippen molar-refractivity contribution in [1.82, 2.24) is 19.4 Å². The third kappa shape index (κ3) is 3.85. The average molecular weight is 370 g/mol. The number of aromatic nitrogens is 3. The molecule has 3 heterocycles. The molecule has 1 aliphatic heterocycles. The molecular weight excluding hydrogens is 348 g/mol. The lowest BCUT2D eigenvalue weighted by Crippen LogP contribution is -2.38. The Morgan fingerprint density at radius 1 is 1.04 bits per heavy atom. The molecular formula is C19H22N4O2S. The van der Waals surface area contributed by atoms with E-state index in [0.29, 0.717) is 10.9 Å². The molecule has 1 saturated heterocycles. The van der Waals surface area contributed by atoms with Crippen molar-refractivity contribution >= 4 is 21.8 Å². The molecule has 1 fully saturated rings. The van der Waals surface area contributed by atoms with Gasteiger partial charge >= 0.3 is 0 Å². The molecule has 6 nitrogen and oxygen atoms in total. The van der Waals surface area contributed by atoms with E-state index in [2.05, 4.69) is 19.4 Å². The molecule has 1 aromatic carbocycles. The summed E-state index contributed by atoms with van der Waals surface area (Å²) in [6.07, 6.45) is 1.73. The predicted molar refractivity (Wildman–Crippen MR) is 101 cm³/mol. The lowest BCUT2D eigenvalue weighted by molar-refractivity contribution is 0.0362. The Morgan fingerprint density at radius 3 is 2.65 bits per heavy atom. The van der Waals surface area contributed by atoms with Gasteiger partial charge in [-0.25, -0.2) is 4.98 Å². The fourth-order valence-corrected chi connectivity index (χ4v) is 4.40. The number of rotatable bonds is 6. The second-order valence-corrected chi connectivity index (χ2v) is 7.64. The monoisotopic (exact) mass is 370 g/mol. The Labute approximate surface area is 155 Å². The lowest BCUT2D eigenvalue weighted by Gasteiger charge is -2.26. The summed E-state index contributed by atoms with van der Waals surface area (Å²) < 4.78 is 20.5. The van der Waals surface area contributed by atoms with E-state index in [1.165, 1.54) is 0 Å². The zero-order valence-corrected chi connectivity index (χ0v) is 15.4. The first-order chi connectivity index (χ1) is 12.8. The first-order valence-electron chi connectivity index (χ1n) is 8.85. The van der Waals surface area contributed by atoms with Crippen molar-refractivity contribution in [2.75, 3.05) is 32.8 Å². The molecule has 3 aromatic rings. The number of hydrogen-bond acceptors (Lipinski definition) is 5. The maximum absolute atomic E-state index is 13.0. The van der Waals surface area contributed by atoms with Crippen LogP contribution in [0.25, 0.3) is 11.0 Å². The number of imidazole rings is 1. The standard InChI is InChI=1S/C19H22N4O2S/c24-26(15-16-5-3-4-8-20-16)19-21-17-6-1-2-7-18(17)23(19)10-9-22-11-13-25-14-12-22/h1-8H,9-15H2. The quantitative estimate of drug-likeness (QED) is 0.665. The molecule has 26 heavy (non-hydrogen) atoms. The van der Waals surface area contributed by atoms with Crippen LogP contribution < -0.4 is 0 Å². The highest BCUT2D eigenvalue weighted by Crippen LogP contribution is 2.20. The van der Waals surface area contributed by atoms with Gasteiger partial charge in [0.15, 0.2) is 0 Å². The highest BCUT2D eigenvalue weighted by Gasteiger charge is 2.18. The van der Waals surface area contributed by atoms with E-state index in [-0.39, 0.29) is 0 Å². The van der Waals surface area contributed by atoms with Gasteiger partial charge in [-0.1, -0.05) is 18.2 Å². The Hall–Kier alpha value is -2.09. The minimum absolute atomic E-state index is 0.377. The number of para-hydroxylation sites is 2. The zero-order chi connectivity index (χ0) is 17.8. The van der Waals surface area contributed by atoms with Crippen LogP contribution in [0, 0.1) is 0 Å². The summed E-state index contributed by atoms with van der Waals surface area (Å²) >= 11 is 0. The SMILES string of the molecule is O=S(Cc1ccccn1)c1nc2ccccc2n1CCN1CCOCC1. The van der Waals surface area contributed by atoms with Crippen molar-refractivity contribution in [1.29, 1.82) is 0 Å². The van der Waals surface area contributed by atoms with Crippen molar-refractivity contribution < 1.29 is 8.95 Å². The molecule has 4 rings (SSSR count). The summed E-state index contributed by atoms with van der Waals surface area (Å²) in [5, 5.41) is 0.630. The van der Waals surface area contributed by atoms with Crippen molar-refractivity contribution in [2.45, 2.75) is 17.5 Å².